The fourth-order valence-electron chi connectivity index (χ4n) is 7.43. The summed E-state index contributed by atoms with van der Waals surface area (Å²) < 4.78 is 30.5. The van der Waals surface area contributed by atoms with E-state index in [1.165, 1.54) is 70.6 Å². The number of allylic oxidation sites excluding steroid dienone is 19. The lowest BCUT2D eigenvalue weighted by Crippen LogP contribution is -2.47. The summed E-state index contributed by atoms with van der Waals surface area (Å²) >= 11 is 0. The van der Waals surface area contributed by atoms with Crippen LogP contribution in [0.4, 0.5) is 0 Å². The Morgan fingerprint density at radius 1 is 0.493 bits per heavy atom. The van der Waals surface area contributed by atoms with Crippen LogP contribution in [0.5, 0.6) is 0 Å². The molecule has 0 aromatic carbocycles. The number of phosphoric acid groups is 1. The van der Waals surface area contributed by atoms with Gasteiger partial charge in [0.25, 0.3) is 0 Å². The molecule has 3 atom stereocenters. The summed E-state index contributed by atoms with van der Waals surface area (Å²) in [7, 11) is 1.42. The maximum absolute atomic E-state index is 13.5. The van der Waals surface area contributed by atoms with E-state index in [0.717, 1.165) is 96.3 Å². The van der Waals surface area contributed by atoms with Crippen LogP contribution in [0, 0.1) is 0 Å². The van der Waals surface area contributed by atoms with E-state index in [2.05, 4.69) is 135 Å². The minimum Gasteiger partial charge on any atom is -0.456 e. The van der Waals surface area contributed by atoms with Gasteiger partial charge in [0.1, 0.15) is 19.3 Å². The molecule has 0 rings (SSSR count). The molecule has 0 fully saturated rings. The topological polar surface area (TPSA) is 111 Å². The van der Waals surface area contributed by atoms with E-state index >= 15 is 0 Å². The monoisotopic (exact) mass is 1040 g/mol. The summed E-state index contributed by atoms with van der Waals surface area (Å²) in [6, 6.07) is -0.895. The van der Waals surface area contributed by atoms with Crippen LogP contribution in [-0.2, 0) is 27.9 Å². The van der Waals surface area contributed by atoms with Gasteiger partial charge in [-0.25, -0.2) is 4.57 Å². The first-order valence-corrected chi connectivity index (χ1v) is 30.4. The van der Waals surface area contributed by atoms with E-state index in [4.69, 9.17) is 13.8 Å². The highest BCUT2D eigenvalue weighted by Gasteiger charge is 2.30. The van der Waals surface area contributed by atoms with Crippen molar-refractivity contribution >= 4 is 19.7 Å². The molecule has 3 unspecified atom stereocenters. The van der Waals surface area contributed by atoms with E-state index in [1.807, 2.05) is 33.3 Å². The number of ether oxygens (including phenoxy) is 1. The van der Waals surface area contributed by atoms with Gasteiger partial charge in [-0.3, -0.25) is 18.6 Å². The molecular formula is C63H108N2O7P+. The van der Waals surface area contributed by atoms with Gasteiger partial charge in [0.05, 0.1) is 33.8 Å². The van der Waals surface area contributed by atoms with Gasteiger partial charge in [-0.1, -0.05) is 207 Å². The number of hydrogen-bond donors (Lipinski definition) is 2. The number of likely N-dealkylation sites (N-methyl/N-ethyl adjacent to an activating group) is 1. The van der Waals surface area contributed by atoms with E-state index in [-0.39, 0.29) is 32.0 Å². The van der Waals surface area contributed by atoms with Crippen LogP contribution in [0.3, 0.4) is 0 Å². The zero-order valence-corrected chi connectivity index (χ0v) is 48.2. The highest BCUT2D eigenvalue weighted by Crippen LogP contribution is 2.43. The number of nitrogens with zero attached hydrogens (tertiary/aromatic N) is 1. The third kappa shape index (κ3) is 53.1. The van der Waals surface area contributed by atoms with Crippen LogP contribution < -0.4 is 5.32 Å². The smallest absolute Gasteiger partial charge is 0.456 e. The zero-order valence-electron chi connectivity index (χ0n) is 47.3. The van der Waals surface area contributed by atoms with E-state index < -0.39 is 25.9 Å². The molecule has 0 heterocycles. The second-order valence-corrected chi connectivity index (χ2v) is 21.5. The molecule has 0 bridgehead atoms. The number of carbonyl (C=O) groups is 2. The van der Waals surface area contributed by atoms with Gasteiger partial charge in [0.2, 0.25) is 5.91 Å². The molecule has 0 aliphatic rings. The fourth-order valence-corrected chi connectivity index (χ4v) is 8.16. The molecule has 0 aromatic heterocycles. The molecular weight excluding hydrogens is 928 g/mol. The largest absolute Gasteiger partial charge is 0.472 e. The third-order valence-corrected chi connectivity index (χ3v) is 12.9. The second-order valence-electron chi connectivity index (χ2n) is 20.1. The van der Waals surface area contributed by atoms with Crippen molar-refractivity contribution in [1.29, 1.82) is 0 Å². The first kappa shape index (κ1) is 69.4. The lowest BCUT2D eigenvalue weighted by Gasteiger charge is -2.27. The molecule has 0 saturated carbocycles. The molecule has 2 N–H and O–H groups in total. The van der Waals surface area contributed by atoms with Crippen molar-refractivity contribution in [3.05, 3.63) is 122 Å². The van der Waals surface area contributed by atoms with Gasteiger partial charge in [0.15, 0.2) is 0 Å². The van der Waals surface area contributed by atoms with Crippen molar-refractivity contribution in [3.8, 4) is 0 Å². The number of nitrogens with one attached hydrogen (secondary N) is 1. The van der Waals surface area contributed by atoms with Crippen LogP contribution in [0.1, 0.15) is 213 Å². The summed E-state index contributed by atoms with van der Waals surface area (Å²) in [6.45, 7) is 6.77. The molecule has 0 aliphatic heterocycles. The highest BCUT2D eigenvalue weighted by molar-refractivity contribution is 7.47. The number of phosphoric ester groups is 1. The van der Waals surface area contributed by atoms with Gasteiger partial charge in [-0.05, 0) is 115 Å². The highest BCUT2D eigenvalue weighted by atomic mass is 31.2. The van der Waals surface area contributed by atoms with Gasteiger partial charge in [0, 0.05) is 12.8 Å². The molecule has 0 spiro atoms. The first-order chi connectivity index (χ1) is 35.4. The molecule has 0 radical (unpaired) electrons. The Hall–Kier alpha value is -3.59. The number of unbranched alkanes of at least 4 members (excludes halogenated alkanes) is 16. The Morgan fingerprint density at radius 2 is 0.890 bits per heavy atom. The van der Waals surface area contributed by atoms with Gasteiger partial charge in [-0.2, -0.15) is 0 Å². The Bertz CT molecular complexity index is 1660. The predicted molar refractivity (Wildman–Crippen MR) is 313 cm³/mol. The second kappa shape index (κ2) is 51.9. The molecule has 0 aromatic rings. The summed E-state index contributed by atoms with van der Waals surface area (Å²) in [5.41, 5.74) is 0. The van der Waals surface area contributed by atoms with E-state index in [9.17, 15) is 19.0 Å². The number of quaternary nitrogens is 1. The third-order valence-electron chi connectivity index (χ3n) is 11.9. The van der Waals surface area contributed by atoms with Crippen LogP contribution in [0.15, 0.2) is 122 Å². The SMILES string of the molecule is CC/C=C\C/C=C\C/C=C\C/C=C\C/C=C\CCCC(=O)OC(/C=C/CCCCCCCCCCC)C(COP(=O)(O)OCC[N+](C)(C)C)NC(=O)CCCCC/C=C\C/C=C\C/C=C\C/C=C\CCCCC. The molecule has 0 saturated heterocycles. The number of esters is 1. The Balaban J connectivity index is 5.47. The predicted octanol–water partition coefficient (Wildman–Crippen LogP) is 17.5. The van der Waals surface area contributed by atoms with Crippen molar-refractivity contribution in [2.24, 2.45) is 0 Å². The Labute approximate surface area is 448 Å². The standard InChI is InChI=1S/C63H107N2O7P/c1-7-10-13-16-19-22-25-27-29-31-32-34-35-37-40-43-46-49-52-55-62(66)64-60(59-71-73(68,69)70-58-57-65(4,5)6)61(54-51-48-45-42-39-24-21-18-15-12-9-3)72-63(67)56-53-50-47-44-41-38-36-33-30-28-26-23-20-17-14-11-8-2/h11,14,19-20,22-23,27-30,32,34,36-38,40,44,47,51,54,60-61H,7-10,12-13,15-18,21,24-26,31,33,35,39,41-43,45-46,48-50,52-53,55-59H2,1-6H3,(H-,64,66,68,69)/p+1/b14-11-,22-19-,23-20-,29-27-,30-28-,34-32-,38-36-,40-37-,47-44-,54-51+. The van der Waals surface area contributed by atoms with Crippen LogP contribution in [0.2, 0.25) is 0 Å². The number of hydrogen-bond acceptors (Lipinski definition) is 6. The fraction of sp³-hybridized carbons (Fsp3) is 0.651. The van der Waals surface area contributed by atoms with E-state index in [0.29, 0.717) is 23.9 Å². The quantitative estimate of drug-likeness (QED) is 0.0205. The number of amides is 1. The summed E-state index contributed by atoms with van der Waals surface area (Å²) in [4.78, 5) is 37.6. The van der Waals surface area contributed by atoms with Crippen molar-refractivity contribution < 1.29 is 37.3 Å². The van der Waals surface area contributed by atoms with Crippen molar-refractivity contribution in [3.63, 3.8) is 0 Å². The maximum atomic E-state index is 13.5. The van der Waals surface area contributed by atoms with Crippen molar-refractivity contribution in [1.82, 2.24) is 5.32 Å². The summed E-state index contributed by atoms with van der Waals surface area (Å²) in [5, 5.41) is 3.01. The number of rotatable bonds is 50. The van der Waals surface area contributed by atoms with Gasteiger partial charge in [-0.15, -0.1) is 0 Å². The number of carbonyl (C=O) groups excluding carboxylic acids is 2. The average molecular weight is 1040 g/mol. The van der Waals surface area contributed by atoms with Gasteiger partial charge < -0.3 is 19.4 Å². The van der Waals surface area contributed by atoms with Crippen LogP contribution in [-0.4, -0.2) is 74.3 Å². The minimum absolute atomic E-state index is 0.0182. The van der Waals surface area contributed by atoms with Gasteiger partial charge >= 0.3 is 13.8 Å². The van der Waals surface area contributed by atoms with Crippen LogP contribution >= 0.6 is 7.82 Å². The van der Waals surface area contributed by atoms with Crippen LogP contribution in [0.25, 0.3) is 0 Å². The molecule has 1 amide bonds. The zero-order chi connectivity index (χ0) is 53.6. The molecule has 0 aliphatic carbocycles. The van der Waals surface area contributed by atoms with Crippen molar-refractivity contribution in [2.45, 2.75) is 226 Å². The summed E-state index contributed by atoms with van der Waals surface area (Å²) in [6.07, 6.45) is 72.0. The Morgan fingerprint density at radius 3 is 1.37 bits per heavy atom. The normalized spacial score (nSPS) is 14.7. The minimum atomic E-state index is -4.47. The molecule has 73 heavy (non-hydrogen) atoms. The lowest BCUT2D eigenvalue weighted by atomic mass is 10.1. The van der Waals surface area contributed by atoms with E-state index in [1.54, 1.807) is 0 Å². The molecule has 10 heteroatoms. The van der Waals surface area contributed by atoms with Crippen molar-refractivity contribution in [2.75, 3.05) is 40.9 Å². The lowest BCUT2D eigenvalue weighted by molar-refractivity contribution is -0.870. The average Bonchev–Trinajstić information content (AvgIpc) is 3.35. The maximum Gasteiger partial charge on any atom is 0.472 e. The molecule has 9 nitrogen and oxygen atoms in total. The first-order valence-electron chi connectivity index (χ1n) is 28.9. The Kier molecular flexibility index (Phi) is 49.3. The summed E-state index contributed by atoms with van der Waals surface area (Å²) in [5.74, 6) is -0.621. The molecule has 416 valence electrons.